The number of pyridine rings is 1. The molecule has 6 heteroatoms. The molecule has 22 heavy (non-hydrogen) atoms. The number of thiazole rings is 1. The van der Waals surface area contributed by atoms with Gasteiger partial charge in [-0.3, -0.25) is 9.78 Å². The van der Waals surface area contributed by atoms with Crippen molar-refractivity contribution in [3.8, 4) is 0 Å². The zero-order valence-corrected chi connectivity index (χ0v) is 12.8. The van der Waals surface area contributed by atoms with Crippen LogP contribution < -0.4 is 11.1 Å². The third kappa shape index (κ3) is 3.40. The van der Waals surface area contributed by atoms with Gasteiger partial charge in [0.25, 0.3) is 0 Å². The highest BCUT2D eigenvalue weighted by Crippen LogP contribution is 2.18. The quantitative estimate of drug-likeness (QED) is 0.708. The maximum absolute atomic E-state index is 12.0. The van der Waals surface area contributed by atoms with Gasteiger partial charge in [0.2, 0.25) is 5.91 Å². The predicted molar refractivity (Wildman–Crippen MR) is 88.7 cm³/mol. The summed E-state index contributed by atoms with van der Waals surface area (Å²) in [7, 11) is 0. The summed E-state index contributed by atoms with van der Waals surface area (Å²) in [6, 6.07) is 9.47. The fraction of sp³-hybridized carbons (Fsp3) is 0.188. The molecule has 5 nitrogen and oxygen atoms in total. The van der Waals surface area contributed by atoms with Crippen LogP contribution in [-0.4, -0.2) is 22.4 Å². The van der Waals surface area contributed by atoms with Crippen molar-refractivity contribution >= 4 is 33.8 Å². The molecule has 1 aromatic carbocycles. The first-order valence-corrected chi connectivity index (χ1v) is 7.89. The Kier molecular flexibility index (Phi) is 4.29. The number of para-hydroxylation sites is 1. The third-order valence-electron chi connectivity index (χ3n) is 3.30. The molecular formula is C16H16N4OS. The van der Waals surface area contributed by atoms with Crippen molar-refractivity contribution in [1.29, 1.82) is 0 Å². The first kappa shape index (κ1) is 14.5. The molecule has 3 rings (SSSR count). The summed E-state index contributed by atoms with van der Waals surface area (Å²) in [6.45, 7) is 0.585. The van der Waals surface area contributed by atoms with Gasteiger partial charge >= 0.3 is 0 Å². The van der Waals surface area contributed by atoms with Crippen LogP contribution in [0.2, 0.25) is 0 Å². The van der Waals surface area contributed by atoms with Crippen molar-refractivity contribution in [2.45, 2.75) is 12.8 Å². The van der Waals surface area contributed by atoms with Crippen LogP contribution in [0.1, 0.15) is 10.7 Å². The van der Waals surface area contributed by atoms with Crippen LogP contribution in [0.25, 0.3) is 10.9 Å². The number of aromatic nitrogens is 2. The van der Waals surface area contributed by atoms with Gasteiger partial charge in [0.05, 0.1) is 28.3 Å². The third-order valence-corrected chi connectivity index (χ3v) is 4.13. The van der Waals surface area contributed by atoms with E-state index in [1.165, 1.54) is 0 Å². The Morgan fingerprint density at radius 1 is 1.27 bits per heavy atom. The topological polar surface area (TPSA) is 80.9 Å². The van der Waals surface area contributed by atoms with E-state index in [4.69, 9.17) is 5.73 Å². The summed E-state index contributed by atoms with van der Waals surface area (Å²) in [5, 5.41) is 6.82. The van der Waals surface area contributed by atoms with Gasteiger partial charge in [-0.15, -0.1) is 11.3 Å². The minimum absolute atomic E-state index is 0.0436. The number of hydrogen-bond donors (Lipinski definition) is 2. The number of carbonyl (C=O) groups is 1. The normalized spacial score (nSPS) is 10.7. The van der Waals surface area contributed by atoms with Crippen molar-refractivity contribution < 1.29 is 4.79 Å². The van der Waals surface area contributed by atoms with E-state index in [2.05, 4.69) is 15.3 Å². The summed E-state index contributed by atoms with van der Waals surface area (Å²) in [5.41, 5.74) is 8.02. The predicted octanol–water partition coefficient (Wildman–Crippen LogP) is 2.17. The minimum Gasteiger partial charge on any atom is -0.397 e. The highest BCUT2D eigenvalue weighted by atomic mass is 32.1. The average Bonchev–Trinajstić information content (AvgIpc) is 3.01. The molecule has 3 N–H and O–H groups in total. The van der Waals surface area contributed by atoms with E-state index in [-0.39, 0.29) is 12.3 Å². The number of fused-ring (bicyclic) bond motifs is 1. The van der Waals surface area contributed by atoms with Gasteiger partial charge in [-0.1, -0.05) is 18.2 Å². The van der Waals surface area contributed by atoms with E-state index in [1.54, 1.807) is 17.5 Å². The van der Waals surface area contributed by atoms with Gasteiger partial charge in [-0.25, -0.2) is 4.98 Å². The number of nitrogen functional groups attached to an aromatic ring is 1. The number of carbonyl (C=O) groups excluding carboxylic acids is 1. The van der Waals surface area contributed by atoms with Crippen LogP contribution in [0.15, 0.2) is 41.9 Å². The number of hydrogen-bond acceptors (Lipinski definition) is 5. The van der Waals surface area contributed by atoms with Gasteiger partial charge in [-0.2, -0.15) is 0 Å². The summed E-state index contributed by atoms with van der Waals surface area (Å²) in [4.78, 5) is 20.6. The lowest BCUT2D eigenvalue weighted by molar-refractivity contribution is -0.120. The number of nitrogens with zero attached hydrogens (tertiary/aromatic N) is 2. The smallest absolute Gasteiger partial charge is 0.226 e. The number of amides is 1. The number of rotatable bonds is 5. The van der Waals surface area contributed by atoms with E-state index in [0.29, 0.717) is 12.2 Å². The molecule has 0 aliphatic heterocycles. The van der Waals surface area contributed by atoms with E-state index in [1.807, 2.05) is 35.7 Å². The van der Waals surface area contributed by atoms with Crippen molar-refractivity contribution in [2.24, 2.45) is 0 Å². The molecular weight excluding hydrogens is 296 g/mol. The van der Waals surface area contributed by atoms with Crippen LogP contribution in [0, 0.1) is 0 Å². The van der Waals surface area contributed by atoms with E-state index < -0.39 is 0 Å². The van der Waals surface area contributed by atoms with Crippen LogP contribution >= 0.6 is 11.3 Å². The van der Waals surface area contributed by atoms with E-state index in [0.717, 1.165) is 28.0 Å². The highest BCUT2D eigenvalue weighted by Gasteiger charge is 2.07. The summed E-state index contributed by atoms with van der Waals surface area (Å²) < 4.78 is 0. The maximum atomic E-state index is 12.0. The zero-order valence-electron chi connectivity index (χ0n) is 12.0. The molecule has 0 aliphatic rings. The molecule has 0 unspecified atom stereocenters. The van der Waals surface area contributed by atoms with Crippen LogP contribution in [0.4, 0.5) is 5.69 Å². The monoisotopic (exact) mass is 312 g/mol. The number of nitrogens with one attached hydrogen (secondary N) is 1. The molecule has 0 saturated carbocycles. The lowest BCUT2D eigenvalue weighted by Crippen LogP contribution is -2.27. The van der Waals surface area contributed by atoms with Crippen LogP contribution in [-0.2, 0) is 17.6 Å². The van der Waals surface area contributed by atoms with E-state index >= 15 is 0 Å². The molecule has 0 saturated heterocycles. The van der Waals surface area contributed by atoms with Crippen molar-refractivity contribution in [2.75, 3.05) is 12.3 Å². The Bertz CT molecular complexity index is 786. The molecule has 0 atom stereocenters. The number of nitrogens with two attached hydrogens (primary N) is 1. The largest absolute Gasteiger partial charge is 0.397 e. The molecule has 0 fully saturated rings. The molecule has 2 heterocycles. The summed E-state index contributed by atoms with van der Waals surface area (Å²) in [5.74, 6) is -0.0436. The van der Waals surface area contributed by atoms with Gasteiger partial charge in [0.1, 0.15) is 0 Å². The Morgan fingerprint density at radius 2 is 2.18 bits per heavy atom. The average molecular weight is 312 g/mol. The fourth-order valence-electron chi connectivity index (χ4n) is 2.22. The maximum Gasteiger partial charge on any atom is 0.226 e. The van der Waals surface area contributed by atoms with Crippen LogP contribution in [0.3, 0.4) is 0 Å². The molecule has 1 amide bonds. The summed E-state index contributed by atoms with van der Waals surface area (Å²) >= 11 is 1.59. The SMILES string of the molecule is Nc1cccc2ccc(CC(=O)NCCc3nccs3)nc12. The van der Waals surface area contributed by atoms with Crippen molar-refractivity contribution in [3.05, 3.63) is 52.6 Å². The highest BCUT2D eigenvalue weighted by molar-refractivity contribution is 7.09. The number of benzene rings is 1. The first-order chi connectivity index (χ1) is 10.7. The molecule has 0 radical (unpaired) electrons. The molecule has 0 bridgehead atoms. The second-order valence-corrected chi connectivity index (χ2v) is 5.90. The molecule has 112 valence electrons. The van der Waals surface area contributed by atoms with Crippen LogP contribution in [0.5, 0.6) is 0 Å². The Morgan fingerprint density at radius 3 is 3.00 bits per heavy atom. The minimum atomic E-state index is -0.0436. The van der Waals surface area contributed by atoms with E-state index in [9.17, 15) is 4.79 Å². The fourth-order valence-corrected chi connectivity index (χ4v) is 2.84. The summed E-state index contributed by atoms with van der Waals surface area (Å²) in [6.07, 6.45) is 2.77. The standard InChI is InChI=1S/C16H16N4OS/c17-13-3-1-2-11-4-5-12(20-16(11)13)10-14(21)18-7-6-15-19-8-9-22-15/h1-5,8-9H,6-7,10,17H2,(H,18,21). The molecule has 3 aromatic rings. The number of anilines is 1. The van der Waals surface area contributed by atoms with Gasteiger partial charge in [0.15, 0.2) is 0 Å². The zero-order chi connectivity index (χ0) is 15.4. The second-order valence-electron chi connectivity index (χ2n) is 4.92. The Hall–Kier alpha value is -2.47. The lowest BCUT2D eigenvalue weighted by atomic mass is 10.1. The molecule has 0 aliphatic carbocycles. The molecule has 0 spiro atoms. The Balaban J connectivity index is 1.60. The second kappa shape index (κ2) is 6.53. The van der Waals surface area contributed by atoms with Gasteiger partial charge < -0.3 is 11.1 Å². The Labute approximate surface area is 132 Å². The lowest BCUT2D eigenvalue weighted by Gasteiger charge is -2.06. The molecule has 2 aromatic heterocycles. The van der Waals surface area contributed by atoms with Gasteiger partial charge in [-0.05, 0) is 12.1 Å². The van der Waals surface area contributed by atoms with Crippen molar-refractivity contribution in [1.82, 2.24) is 15.3 Å². The van der Waals surface area contributed by atoms with Crippen molar-refractivity contribution in [3.63, 3.8) is 0 Å². The van der Waals surface area contributed by atoms with Gasteiger partial charge in [0, 0.05) is 29.9 Å². The first-order valence-electron chi connectivity index (χ1n) is 7.01.